The Bertz CT molecular complexity index is 528. The Morgan fingerprint density at radius 3 is 2.76 bits per heavy atom. The van der Waals surface area contributed by atoms with Crippen LogP contribution >= 0.6 is 0 Å². The van der Waals surface area contributed by atoms with Crippen LogP contribution in [0.25, 0.3) is 0 Å². The van der Waals surface area contributed by atoms with E-state index in [1.54, 1.807) is 6.07 Å². The lowest BCUT2D eigenvalue weighted by molar-refractivity contribution is -0.128. The lowest BCUT2D eigenvalue weighted by Gasteiger charge is -2.37. The van der Waals surface area contributed by atoms with Crippen molar-refractivity contribution in [1.29, 1.82) is 0 Å². The summed E-state index contributed by atoms with van der Waals surface area (Å²) in [5.41, 5.74) is 2.04. The third-order valence-corrected chi connectivity index (χ3v) is 4.74. The summed E-state index contributed by atoms with van der Waals surface area (Å²) in [6.07, 6.45) is 5.37. The zero-order chi connectivity index (χ0) is 14.8. The molecule has 0 bridgehead atoms. The van der Waals surface area contributed by atoms with Gasteiger partial charge in [-0.25, -0.2) is 4.39 Å². The fourth-order valence-electron chi connectivity index (χ4n) is 3.28. The van der Waals surface area contributed by atoms with Gasteiger partial charge < -0.3 is 10.2 Å². The van der Waals surface area contributed by atoms with Crippen LogP contribution < -0.4 is 10.2 Å². The van der Waals surface area contributed by atoms with Crippen LogP contribution in [-0.2, 0) is 4.79 Å². The van der Waals surface area contributed by atoms with Crippen LogP contribution in [0.3, 0.4) is 0 Å². The van der Waals surface area contributed by atoms with E-state index in [9.17, 15) is 9.18 Å². The van der Waals surface area contributed by atoms with Crippen LogP contribution in [-0.4, -0.2) is 25.0 Å². The molecule has 1 aliphatic heterocycles. The molecule has 1 saturated heterocycles. The number of rotatable bonds is 3. The molecule has 1 aliphatic carbocycles. The third kappa shape index (κ3) is 3.20. The summed E-state index contributed by atoms with van der Waals surface area (Å²) < 4.78 is 13.2. The van der Waals surface area contributed by atoms with Crippen molar-refractivity contribution >= 4 is 11.6 Å². The second-order valence-corrected chi connectivity index (χ2v) is 6.35. The Balaban J connectivity index is 1.63. The van der Waals surface area contributed by atoms with Crippen molar-refractivity contribution in [1.82, 2.24) is 5.32 Å². The summed E-state index contributed by atoms with van der Waals surface area (Å²) in [6, 6.07) is 5.15. The zero-order valence-electron chi connectivity index (χ0n) is 12.6. The first-order valence-electron chi connectivity index (χ1n) is 7.95. The number of carbonyl (C=O) groups is 1. The van der Waals surface area contributed by atoms with E-state index >= 15 is 0 Å². The van der Waals surface area contributed by atoms with E-state index in [1.165, 1.54) is 12.5 Å². The van der Waals surface area contributed by atoms with Gasteiger partial charge in [0.15, 0.2) is 0 Å². The summed E-state index contributed by atoms with van der Waals surface area (Å²) in [7, 11) is 0. The Morgan fingerprint density at radius 1 is 1.29 bits per heavy atom. The molecule has 1 N–H and O–H groups in total. The van der Waals surface area contributed by atoms with Gasteiger partial charge in [0.1, 0.15) is 5.82 Å². The largest absolute Gasteiger partial charge is 0.369 e. The van der Waals surface area contributed by atoms with Crippen LogP contribution in [0.5, 0.6) is 0 Å². The third-order valence-electron chi connectivity index (χ3n) is 4.74. The number of anilines is 1. The van der Waals surface area contributed by atoms with E-state index in [0.717, 1.165) is 50.0 Å². The minimum absolute atomic E-state index is 0.192. The van der Waals surface area contributed by atoms with Crippen molar-refractivity contribution < 1.29 is 9.18 Å². The molecule has 0 radical (unpaired) electrons. The molecule has 1 amide bonds. The van der Waals surface area contributed by atoms with E-state index in [2.05, 4.69) is 10.2 Å². The Labute approximate surface area is 125 Å². The maximum atomic E-state index is 13.2. The normalized spacial score (nSPS) is 22.8. The Morgan fingerprint density at radius 2 is 2.10 bits per heavy atom. The second-order valence-electron chi connectivity index (χ2n) is 6.35. The minimum Gasteiger partial charge on any atom is -0.369 e. The fraction of sp³-hybridized carbons (Fsp3) is 0.588. The molecule has 0 aromatic heterocycles. The summed E-state index contributed by atoms with van der Waals surface area (Å²) in [4.78, 5) is 14.3. The molecule has 4 heteroatoms. The average Bonchev–Trinajstić information content (AvgIpc) is 2.36. The van der Waals surface area contributed by atoms with Crippen molar-refractivity contribution in [3.63, 3.8) is 0 Å². The molecular weight excluding hydrogens is 267 g/mol. The van der Waals surface area contributed by atoms with E-state index in [0.29, 0.717) is 0 Å². The lowest BCUT2D eigenvalue weighted by atomic mass is 9.84. The van der Waals surface area contributed by atoms with E-state index in [1.807, 2.05) is 13.0 Å². The van der Waals surface area contributed by atoms with E-state index < -0.39 is 0 Å². The maximum absolute atomic E-state index is 13.2. The van der Waals surface area contributed by atoms with Gasteiger partial charge >= 0.3 is 0 Å². The fourth-order valence-corrected chi connectivity index (χ4v) is 3.28. The summed E-state index contributed by atoms with van der Waals surface area (Å²) in [6.45, 7) is 3.74. The smallest absolute Gasteiger partial charge is 0.223 e. The van der Waals surface area contributed by atoms with Crippen LogP contribution in [0.1, 0.15) is 37.7 Å². The number of nitrogens with zero attached hydrogens (tertiary/aromatic N) is 1. The molecule has 1 heterocycles. The highest BCUT2D eigenvalue weighted by atomic mass is 19.1. The van der Waals surface area contributed by atoms with Crippen LogP contribution in [0.15, 0.2) is 18.2 Å². The van der Waals surface area contributed by atoms with Gasteiger partial charge in [-0.3, -0.25) is 4.79 Å². The Hall–Kier alpha value is -1.58. The molecule has 114 valence electrons. The summed E-state index contributed by atoms with van der Waals surface area (Å²) in [5.74, 6) is 0.278. The number of hydrogen-bond donors (Lipinski definition) is 1. The summed E-state index contributed by atoms with van der Waals surface area (Å²) in [5, 5.41) is 3.20. The first-order valence-corrected chi connectivity index (χ1v) is 7.95. The van der Waals surface area contributed by atoms with Crippen molar-refractivity contribution in [2.24, 2.45) is 5.92 Å². The molecule has 21 heavy (non-hydrogen) atoms. The van der Waals surface area contributed by atoms with Crippen LogP contribution in [0, 0.1) is 18.7 Å². The Kier molecular flexibility index (Phi) is 4.13. The van der Waals surface area contributed by atoms with Crippen LogP contribution in [0.2, 0.25) is 0 Å². The molecule has 2 fully saturated rings. The molecule has 1 aromatic carbocycles. The average molecular weight is 290 g/mol. The highest BCUT2D eigenvalue weighted by Crippen LogP contribution is 2.28. The predicted molar refractivity (Wildman–Crippen MR) is 81.9 cm³/mol. The number of carbonyl (C=O) groups excluding carboxylic acids is 1. The number of piperidine rings is 1. The highest BCUT2D eigenvalue weighted by Gasteiger charge is 2.29. The van der Waals surface area contributed by atoms with Gasteiger partial charge in [-0.15, -0.1) is 0 Å². The van der Waals surface area contributed by atoms with Crippen molar-refractivity contribution in [3.05, 3.63) is 29.6 Å². The second kappa shape index (κ2) is 6.04. The number of benzene rings is 1. The van der Waals surface area contributed by atoms with Gasteiger partial charge in [0.25, 0.3) is 0 Å². The number of amides is 1. The van der Waals surface area contributed by atoms with Crippen molar-refractivity contribution in [3.8, 4) is 0 Å². The number of halogens is 1. The zero-order valence-corrected chi connectivity index (χ0v) is 12.6. The minimum atomic E-state index is -0.192. The van der Waals surface area contributed by atoms with Gasteiger partial charge in [-0.05, 0) is 56.4 Å². The molecule has 1 saturated carbocycles. The van der Waals surface area contributed by atoms with Gasteiger partial charge in [-0.1, -0.05) is 6.42 Å². The topological polar surface area (TPSA) is 32.3 Å². The summed E-state index contributed by atoms with van der Waals surface area (Å²) >= 11 is 0. The molecule has 1 aromatic rings. The molecule has 1 unspecified atom stereocenters. The number of nitrogens with one attached hydrogen (secondary N) is 1. The molecule has 3 rings (SSSR count). The van der Waals surface area contributed by atoms with Gasteiger partial charge in [-0.2, -0.15) is 0 Å². The SMILES string of the molecule is Cc1cc(F)ccc1N1CCCC(NC(=O)C2CCC2)C1. The number of hydrogen-bond acceptors (Lipinski definition) is 2. The monoisotopic (exact) mass is 290 g/mol. The predicted octanol–water partition coefficient (Wildman–Crippen LogP) is 3.02. The molecular formula is C17H23FN2O. The van der Waals surface area contributed by atoms with E-state index in [4.69, 9.17) is 0 Å². The molecule has 1 atom stereocenters. The molecule has 0 spiro atoms. The first-order chi connectivity index (χ1) is 10.1. The maximum Gasteiger partial charge on any atom is 0.223 e. The standard InChI is InChI=1S/C17H23FN2O/c1-12-10-14(18)7-8-16(12)20-9-3-6-15(11-20)19-17(21)13-4-2-5-13/h7-8,10,13,15H,2-6,9,11H2,1H3,(H,19,21). The molecule has 2 aliphatic rings. The van der Waals surface area contributed by atoms with Gasteiger partial charge in [0.05, 0.1) is 0 Å². The van der Waals surface area contributed by atoms with Crippen LogP contribution in [0.4, 0.5) is 10.1 Å². The van der Waals surface area contributed by atoms with E-state index in [-0.39, 0.29) is 23.7 Å². The lowest BCUT2D eigenvalue weighted by Crippen LogP contribution is -2.50. The van der Waals surface area contributed by atoms with Crippen molar-refractivity contribution in [2.75, 3.05) is 18.0 Å². The van der Waals surface area contributed by atoms with Gasteiger partial charge in [0.2, 0.25) is 5.91 Å². The molecule has 3 nitrogen and oxygen atoms in total. The van der Waals surface area contributed by atoms with Crippen molar-refractivity contribution in [2.45, 2.75) is 45.1 Å². The first kappa shape index (κ1) is 14.4. The quantitative estimate of drug-likeness (QED) is 0.928. The highest BCUT2D eigenvalue weighted by molar-refractivity contribution is 5.79. The van der Waals surface area contributed by atoms with Gasteiger partial charge in [0, 0.05) is 30.7 Å². The number of aryl methyl sites for hydroxylation is 1.